The van der Waals surface area contributed by atoms with E-state index < -0.39 is 0 Å². The Morgan fingerprint density at radius 2 is 1.74 bits per heavy atom. The maximum absolute atomic E-state index is 12.4. The minimum absolute atomic E-state index is 0.150. The zero-order valence-electron chi connectivity index (χ0n) is 14.8. The standard InChI is InChI=1S/C22H18N2O2S/c1-26-19-8-4-2-6-17(19)21(25)23-14-15-10-12-16(13-11-15)22-24-18-7-3-5-9-20(18)27-22/h2-13H,14H2,1H3,(H,23,25). The van der Waals surface area contributed by atoms with Gasteiger partial charge >= 0.3 is 0 Å². The number of ether oxygens (including phenoxy) is 1. The molecule has 1 N–H and O–H groups in total. The van der Waals surface area contributed by atoms with Crippen molar-refractivity contribution in [1.82, 2.24) is 10.3 Å². The average molecular weight is 374 g/mol. The van der Waals surface area contributed by atoms with E-state index in [1.807, 2.05) is 54.6 Å². The first-order chi connectivity index (χ1) is 13.2. The number of aromatic nitrogens is 1. The molecule has 4 rings (SSSR count). The molecule has 0 radical (unpaired) electrons. The van der Waals surface area contributed by atoms with Crippen LogP contribution in [0.25, 0.3) is 20.8 Å². The molecular formula is C22H18N2O2S. The molecule has 3 aromatic carbocycles. The van der Waals surface area contributed by atoms with Gasteiger partial charge in [0.1, 0.15) is 10.8 Å². The average Bonchev–Trinajstić information content (AvgIpc) is 3.16. The largest absolute Gasteiger partial charge is 0.496 e. The maximum Gasteiger partial charge on any atom is 0.255 e. The van der Waals surface area contributed by atoms with Crippen molar-refractivity contribution in [2.45, 2.75) is 6.54 Å². The second-order valence-electron chi connectivity index (χ2n) is 6.07. The summed E-state index contributed by atoms with van der Waals surface area (Å²) in [6.07, 6.45) is 0. The second kappa shape index (κ2) is 7.60. The Hall–Kier alpha value is -3.18. The summed E-state index contributed by atoms with van der Waals surface area (Å²) < 4.78 is 6.42. The summed E-state index contributed by atoms with van der Waals surface area (Å²) in [5.74, 6) is 0.420. The number of rotatable bonds is 5. The third-order valence-corrected chi connectivity index (χ3v) is 5.38. The number of para-hydroxylation sites is 2. The van der Waals surface area contributed by atoms with E-state index in [1.54, 1.807) is 30.6 Å². The Bertz CT molecular complexity index is 1050. The van der Waals surface area contributed by atoms with Gasteiger partial charge in [0.2, 0.25) is 0 Å². The van der Waals surface area contributed by atoms with Gasteiger partial charge < -0.3 is 10.1 Å². The molecule has 0 aliphatic heterocycles. The molecule has 1 amide bonds. The van der Waals surface area contributed by atoms with E-state index in [9.17, 15) is 4.79 Å². The normalized spacial score (nSPS) is 10.7. The lowest BCUT2D eigenvalue weighted by molar-refractivity contribution is 0.0948. The molecule has 0 bridgehead atoms. The second-order valence-corrected chi connectivity index (χ2v) is 7.10. The van der Waals surface area contributed by atoms with Crippen molar-refractivity contribution in [3.8, 4) is 16.3 Å². The Kier molecular flexibility index (Phi) is 4.85. The van der Waals surface area contributed by atoms with Crippen molar-refractivity contribution in [2.24, 2.45) is 0 Å². The molecule has 0 saturated carbocycles. The predicted molar refractivity (Wildman–Crippen MR) is 109 cm³/mol. The van der Waals surface area contributed by atoms with E-state index in [2.05, 4.69) is 16.4 Å². The lowest BCUT2D eigenvalue weighted by atomic mass is 10.1. The lowest BCUT2D eigenvalue weighted by Crippen LogP contribution is -2.23. The highest BCUT2D eigenvalue weighted by Crippen LogP contribution is 2.30. The molecule has 1 aromatic heterocycles. The van der Waals surface area contributed by atoms with Crippen molar-refractivity contribution in [2.75, 3.05) is 7.11 Å². The number of carbonyl (C=O) groups excluding carboxylic acids is 1. The Morgan fingerprint density at radius 1 is 1.00 bits per heavy atom. The molecule has 0 spiro atoms. The number of carbonyl (C=O) groups is 1. The van der Waals surface area contributed by atoms with Gasteiger partial charge in [-0.1, -0.05) is 48.5 Å². The van der Waals surface area contributed by atoms with Crippen molar-refractivity contribution in [3.05, 3.63) is 83.9 Å². The number of nitrogens with one attached hydrogen (secondary N) is 1. The molecule has 0 aliphatic rings. The Balaban J connectivity index is 1.45. The predicted octanol–water partition coefficient (Wildman–Crippen LogP) is 4.90. The molecule has 0 fully saturated rings. The number of methoxy groups -OCH3 is 1. The highest BCUT2D eigenvalue weighted by molar-refractivity contribution is 7.21. The van der Waals surface area contributed by atoms with E-state index in [0.717, 1.165) is 21.7 Å². The smallest absolute Gasteiger partial charge is 0.255 e. The number of thiazole rings is 1. The van der Waals surface area contributed by atoms with Crippen LogP contribution < -0.4 is 10.1 Å². The topological polar surface area (TPSA) is 51.2 Å². The first-order valence-electron chi connectivity index (χ1n) is 8.61. The molecule has 134 valence electrons. The Morgan fingerprint density at radius 3 is 2.52 bits per heavy atom. The van der Waals surface area contributed by atoms with Gasteiger partial charge in [-0.3, -0.25) is 4.79 Å². The van der Waals surface area contributed by atoms with Crippen LogP contribution in [0.3, 0.4) is 0 Å². The molecule has 4 aromatic rings. The van der Waals surface area contributed by atoms with Crippen molar-refractivity contribution >= 4 is 27.5 Å². The van der Waals surface area contributed by atoms with Gasteiger partial charge in [0.05, 0.1) is 22.9 Å². The minimum Gasteiger partial charge on any atom is -0.496 e. The van der Waals surface area contributed by atoms with Gasteiger partial charge in [-0.25, -0.2) is 4.98 Å². The van der Waals surface area contributed by atoms with Crippen molar-refractivity contribution in [1.29, 1.82) is 0 Å². The van der Waals surface area contributed by atoms with Gasteiger partial charge in [0.15, 0.2) is 0 Å². The number of hydrogen-bond acceptors (Lipinski definition) is 4. The summed E-state index contributed by atoms with van der Waals surface area (Å²) in [6, 6.07) is 23.5. The monoisotopic (exact) mass is 374 g/mol. The van der Waals surface area contributed by atoms with Crippen LogP contribution >= 0.6 is 11.3 Å². The molecule has 27 heavy (non-hydrogen) atoms. The number of fused-ring (bicyclic) bond motifs is 1. The first kappa shape index (κ1) is 17.2. The van der Waals surface area contributed by atoms with Crippen LogP contribution in [0.1, 0.15) is 15.9 Å². The number of hydrogen-bond donors (Lipinski definition) is 1. The fraction of sp³-hybridized carbons (Fsp3) is 0.0909. The van der Waals surface area contributed by atoms with Crippen LogP contribution in [0.2, 0.25) is 0 Å². The summed E-state index contributed by atoms with van der Waals surface area (Å²) in [5.41, 5.74) is 3.66. The van der Waals surface area contributed by atoms with Gasteiger partial charge in [-0.15, -0.1) is 11.3 Å². The van der Waals surface area contributed by atoms with Crippen molar-refractivity contribution < 1.29 is 9.53 Å². The zero-order valence-corrected chi connectivity index (χ0v) is 15.6. The van der Waals surface area contributed by atoms with Crippen LogP contribution in [0.4, 0.5) is 0 Å². The lowest BCUT2D eigenvalue weighted by Gasteiger charge is -2.09. The summed E-state index contributed by atoms with van der Waals surface area (Å²) in [7, 11) is 1.56. The maximum atomic E-state index is 12.4. The summed E-state index contributed by atoms with van der Waals surface area (Å²) in [6.45, 7) is 0.455. The molecule has 1 heterocycles. The highest BCUT2D eigenvalue weighted by atomic mass is 32.1. The summed E-state index contributed by atoms with van der Waals surface area (Å²) >= 11 is 1.68. The molecule has 0 unspecified atom stereocenters. The van der Waals surface area contributed by atoms with E-state index >= 15 is 0 Å². The molecular weight excluding hydrogens is 356 g/mol. The van der Waals surface area contributed by atoms with Gasteiger partial charge in [0, 0.05) is 12.1 Å². The quantitative estimate of drug-likeness (QED) is 0.540. The van der Waals surface area contributed by atoms with E-state index in [4.69, 9.17) is 4.74 Å². The van der Waals surface area contributed by atoms with Crippen LogP contribution in [-0.2, 0) is 6.54 Å². The fourth-order valence-corrected chi connectivity index (χ4v) is 3.84. The molecule has 0 saturated heterocycles. The fourth-order valence-electron chi connectivity index (χ4n) is 2.87. The number of nitrogens with zero attached hydrogens (tertiary/aromatic N) is 1. The van der Waals surface area contributed by atoms with Crippen LogP contribution in [0.15, 0.2) is 72.8 Å². The van der Waals surface area contributed by atoms with Gasteiger partial charge in [-0.05, 0) is 29.8 Å². The minimum atomic E-state index is -0.150. The molecule has 0 atom stereocenters. The first-order valence-corrected chi connectivity index (χ1v) is 9.42. The molecule has 5 heteroatoms. The van der Waals surface area contributed by atoms with E-state index in [-0.39, 0.29) is 5.91 Å². The summed E-state index contributed by atoms with van der Waals surface area (Å²) in [4.78, 5) is 17.1. The molecule has 4 nitrogen and oxygen atoms in total. The number of benzene rings is 3. The molecule has 0 aliphatic carbocycles. The third-order valence-electron chi connectivity index (χ3n) is 4.30. The highest BCUT2D eigenvalue weighted by Gasteiger charge is 2.11. The SMILES string of the molecule is COc1ccccc1C(=O)NCc1ccc(-c2nc3ccccc3s2)cc1. The van der Waals surface area contributed by atoms with Crippen LogP contribution in [-0.4, -0.2) is 18.0 Å². The Labute approximate surface area is 161 Å². The number of amides is 1. The summed E-state index contributed by atoms with van der Waals surface area (Å²) in [5, 5.41) is 3.94. The zero-order chi connectivity index (χ0) is 18.6. The van der Waals surface area contributed by atoms with Crippen LogP contribution in [0, 0.1) is 0 Å². The third kappa shape index (κ3) is 3.68. The van der Waals surface area contributed by atoms with E-state index in [1.165, 1.54) is 4.70 Å². The van der Waals surface area contributed by atoms with E-state index in [0.29, 0.717) is 17.9 Å². The van der Waals surface area contributed by atoms with Crippen LogP contribution in [0.5, 0.6) is 5.75 Å². The van der Waals surface area contributed by atoms with Gasteiger partial charge in [-0.2, -0.15) is 0 Å². The van der Waals surface area contributed by atoms with Gasteiger partial charge in [0.25, 0.3) is 5.91 Å². The van der Waals surface area contributed by atoms with Crippen molar-refractivity contribution in [3.63, 3.8) is 0 Å².